The normalized spacial score (nSPS) is 17.8. The van der Waals surface area contributed by atoms with Gasteiger partial charge in [0.25, 0.3) is 0 Å². The maximum atomic E-state index is 12.0. The van der Waals surface area contributed by atoms with Crippen LogP contribution >= 0.6 is 0 Å². The van der Waals surface area contributed by atoms with Crippen LogP contribution in [-0.4, -0.2) is 63.7 Å². The Balaban J connectivity index is 1.45. The van der Waals surface area contributed by atoms with E-state index >= 15 is 0 Å². The van der Waals surface area contributed by atoms with Gasteiger partial charge in [-0.05, 0) is 20.8 Å². The predicted octanol–water partition coefficient (Wildman–Crippen LogP) is 0.992. The third-order valence-corrected chi connectivity index (χ3v) is 4.11. The van der Waals surface area contributed by atoms with Gasteiger partial charge in [-0.25, -0.2) is 0 Å². The highest BCUT2D eigenvalue weighted by atomic mass is 16.5. The summed E-state index contributed by atoms with van der Waals surface area (Å²) in [7, 11) is 0. The number of aromatic nitrogens is 3. The molecular formula is C15H22N6O3. The van der Waals surface area contributed by atoms with Gasteiger partial charge in [0.2, 0.25) is 17.7 Å². The molecule has 1 aliphatic heterocycles. The van der Waals surface area contributed by atoms with E-state index in [0.29, 0.717) is 24.1 Å². The molecule has 3 rings (SSSR count). The molecule has 1 aliphatic rings. The smallest absolute Gasteiger partial charge is 0.243 e. The lowest BCUT2D eigenvalue weighted by atomic mass is 10.2. The first-order valence-electron chi connectivity index (χ1n) is 8.01. The van der Waals surface area contributed by atoms with Crippen molar-refractivity contribution in [2.45, 2.75) is 26.8 Å². The molecule has 0 spiro atoms. The second-order valence-electron chi connectivity index (χ2n) is 6.05. The highest BCUT2D eigenvalue weighted by molar-refractivity contribution is 5.90. The van der Waals surface area contributed by atoms with Crippen LogP contribution < -0.4 is 5.32 Å². The fourth-order valence-electron chi connectivity index (χ4n) is 2.75. The first kappa shape index (κ1) is 16.6. The average molecular weight is 334 g/mol. The van der Waals surface area contributed by atoms with Crippen LogP contribution in [0.3, 0.4) is 0 Å². The molecule has 0 unspecified atom stereocenters. The summed E-state index contributed by atoms with van der Waals surface area (Å²) in [4.78, 5) is 20.7. The molecule has 0 aromatic carbocycles. The number of nitrogens with zero attached hydrogens (tertiary/aromatic N) is 5. The number of aryl methyl sites for hydroxylation is 2. The van der Waals surface area contributed by atoms with Crippen molar-refractivity contribution in [3.8, 4) is 0 Å². The zero-order valence-corrected chi connectivity index (χ0v) is 14.2. The van der Waals surface area contributed by atoms with E-state index < -0.39 is 0 Å². The number of carbonyl (C=O) groups is 1. The zero-order chi connectivity index (χ0) is 17.1. The van der Waals surface area contributed by atoms with E-state index in [-0.39, 0.29) is 11.9 Å². The van der Waals surface area contributed by atoms with Crippen LogP contribution in [-0.2, 0) is 4.79 Å². The molecule has 1 saturated heterocycles. The van der Waals surface area contributed by atoms with Crippen LogP contribution in [0.1, 0.15) is 30.4 Å². The molecule has 1 N–H and O–H groups in total. The first-order chi connectivity index (χ1) is 11.5. The van der Waals surface area contributed by atoms with Crippen molar-refractivity contribution >= 4 is 11.8 Å². The van der Waals surface area contributed by atoms with E-state index in [2.05, 4.69) is 37.3 Å². The molecule has 2 aromatic heterocycles. The standard InChI is InChI=1S/C15H22N6O3/c1-10-8-14(23-18-10)17-13(22)9-20-4-6-21(7-5-20)11(2)15-16-12(3)19-24-15/h8,11H,4-7,9H2,1-3H3,(H,17,22)/t11-/m1/s1. The number of hydrogen-bond donors (Lipinski definition) is 1. The third kappa shape index (κ3) is 3.98. The van der Waals surface area contributed by atoms with Crippen molar-refractivity contribution < 1.29 is 13.8 Å². The number of piperazine rings is 1. The summed E-state index contributed by atoms with van der Waals surface area (Å²) in [6.07, 6.45) is 0. The Morgan fingerprint density at radius 2 is 2.00 bits per heavy atom. The highest BCUT2D eigenvalue weighted by Crippen LogP contribution is 2.20. The number of anilines is 1. The van der Waals surface area contributed by atoms with Gasteiger partial charge in [-0.1, -0.05) is 10.3 Å². The topological polar surface area (TPSA) is 101 Å². The number of rotatable bonds is 5. The monoisotopic (exact) mass is 334 g/mol. The maximum absolute atomic E-state index is 12.0. The second-order valence-corrected chi connectivity index (χ2v) is 6.05. The Bertz CT molecular complexity index is 689. The first-order valence-corrected chi connectivity index (χ1v) is 8.01. The number of amides is 1. The van der Waals surface area contributed by atoms with Crippen LogP contribution in [0.15, 0.2) is 15.1 Å². The zero-order valence-electron chi connectivity index (χ0n) is 14.2. The fraction of sp³-hybridized carbons (Fsp3) is 0.600. The summed E-state index contributed by atoms with van der Waals surface area (Å²) < 4.78 is 10.2. The highest BCUT2D eigenvalue weighted by Gasteiger charge is 2.26. The van der Waals surface area contributed by atoms with E-state index in [0.717, 1.165) is 31.9 Å². The quantitative estimate of drug-likeness (QED) is 0.864. The molecule has 1 amide bonds. The lowest BCUT2D eigenvalue weighted by Gasteiger charge is -2.36. The van der Waals surface area contributed by atoms with E-state index in [4.69, 9.17) is 9.05 Å². The van der Waals surface area contributed by atoms with Crippen molar-refractivity contribution in [1.29, 1.82) is 0 Å². The molecule has 1 atom stereocenters. The van der Waals surface area contributed by atoms with Crippen molar-refractivity contribution in [1.82, 2.24) is 25.1 Å². The van der Waals surface area contributed by atoms with Gasteiger partial charge in [0, 0.05) is 32.2 Å². The fourth-order valence-corrected chi connectivity index (χ4v) is 2.75. The van der Waals surface area contributed by atoms with Crippen LogP contribution in [0, 0.1) is 13.8 Å². The molecule has 3 heterocycles. The van der Waals surface area contributed by atoms with Crippen molar-refractivity contribution in [3.05, 3.63) is 23.5 Å². The molecule has 9 heteroatoms. The van der Waals surface area contributed by atoms with Gasteiger partial charge in [0.1, 0.15) is 0 Å². The Labute approximate surface area is 140 Å². The Kier molecular flexibility index (Phi) is 4.91. The molecule has 0 saturated carbocycles. The molecule has 9 nitrogen and oxygen atoms in total. The van der Waals surface area contributed by atoms with E-state index in [1.165, 1.54) is 0 Å². The van der Waals surface area contributed by atoms with Gasteiger partial charge in [0.05, 0.1) is 18.3 Å². The molecule has 2 aromatic rings. The number of hydrogen-bond acceptors (Lipinski definition) is 8. The summed E-state index contributed by atoms with van der Waals surface area (Å²) in [5, 5.41) is 10.3. The van der Waals surface area contributed by atoms with E-state index in [9.17, 15) is 4.79 Å². The van der Waals surface area contributed by atoms with Crippen molar-refractivity contribution in [2.24, 2.45) is 0 Å². The van der Waals surface area contributed by atoms with Crippen LogP contribution in [0.5, 0.6) is 0 Å². The van der Waals surface area contributed by atoms with Gasteiger partial charge in [-0.2, -0.15) is 4.98 Å². The van der Waals surface area contributed by atoms with Gasteiger partial charge in [-0.15, -0.1) is 0 Å². The predicted molar refractivity (Wildman–Crippen MR) is 85.3 cm³/mol. The Morgan fingerprint density at radius 1 is 1.25 bits per heavy atom. The summed E-state index contributed by atoms with van der Waals surface area (Å²) in [6.45, 7) is 9.31. The molecule has 130 valence electrons. The molecule has 0 aliphatic carbocycles. The minimum atomic E-state index is -0.0971. The van der Waals surface area contributed by atoms with Gasteiger partial charge >= 0.3 is 0 Å². The minimum Gasteiger partial charge on any atom is -0.338 e. The number of nitrogens with one attached hydrogen (secondary N) is 1. The van der Waals surface area contributed by atoms with Crippen LogP contribution in [0.2, 0.25) is 0 Å². The Hall–Kier alpha value is -2.26. The molecule has 24 heavy (non-hydrogen) atoms. The molecular weight excluding hydrogens is 312 g/mol. The lowest BCUT2D eigenvalue weighted by Crippen LogP contribution is -2.49. The summed E-state index contributed by atoms with van der Waals surface area (Å²) >= 11 is 0. The molecule has 0 radical (unpaired) electrons. The lowest BCUT2D eigenvalue weighted by molar-refractivity contribution is -0.117. The van der Waals surface area contributed by atoms with E-state index in [1.54, 1.807) is 6.07 Å². The van der Waals surface area contributed by atoms with Crippen molar-refractivity contribution in [3.63, 3.8) is 0 Å². The average Bonchev–Trinajstić information content (AvgIpc) is 3.16. The summed E-state index contributed by atoms with van der Waals surface area (Å²) in [5.74, 6) is 1.57. The SMILES string of the molecule is Cc1cc(NC(=O)CN2CCN([C@H](C)c3nc(C)no3)CC2)on1. The Morgan fingerprint density at radius 3 is 2.58 bits per heavy atom. The van der Waals surface area contributed by atoms with Gasteiger partial charge in [0.15, 0.2) is 5.82 Å². The summed E-state index contributed by atoms with van der Waals surface area (Å²) in [5.41, 5.74) is 0.740. The van der Waals surface area contributed by atoms with Crippen molar-refractivity contribution in [2.75, 3.05) is 38.0 Å². The van der Waals surface area contributed by atoms with Gasteiger partial charge < -0.3 is 9.05 Å². The summed E-state index contributed by atoms with van der Waals surface area (Å²) in [6, 6.07) is 1.78. The van der Waals surface area contributed by atoms with Crippen LogP contribution in [0.4, 0.5) is 5.88 Å². The molecule has 1 fully saturated rings. The van der Waals surface area contributed by atoms with Crippen LogP contribution in [0.25, 0.3) is 0 Å². The van der Waals surface area contributed by atoms with E-state index in [1.807, 2.05) is 13.8 Å². The maximum Gasteiger partial charge on any atom is 0.243 e. The molecule has 0 bridgehead atoms. The largest absolute Gasteiger partial charge is 0.338 e. The van der Waals surface area contributed by atoms with Gasteiger partial charge in [-0.3, -0.25) is 19.9 Å². The minimum absolute atomic E-state index is 0.0827. The third-order valence-electron chi connectivity index (χ3n) is 4.11. The second kappa shape index (κ2) is 7.10. The number of carbonyl (C=O) groups excluding carboxylic acids is 1.